The Hall–Kier alpha value is -2.67. The molecule has 1 aromatic carbocycles. The van der Waals surface area contributed by atoms with Gasteiger partial charge in [0.15, 0.2) is 0 Å². The molecular formula is C19H19N3O3S. The van der Waals surface area contributed by atoms with Gasteiger partial charge < -0.3 is 14.6 Å². The SMILES string of the molecule is COc1ccc(CC(=O)Nc2cc(-c3noc(C4CC4)n3)sc2C)cc1. The molecule has 0 spiro atoms. The van der Waals surface area contributed by atoms with Crippen LogP contribution in [0.5, 0.6) is 5.75 Å². The molecule has 1 N–H and O–H groups in total. The zero-order valence-corrected chi connectivity index (χ0v) is 15.4. The molecule has 0 unspecified atom stereocenters. The highest BCUT2D eigenvalue weighted by molar-refractivity contribution is 7.16. The maximum absolute atomic E-state index is 12.3. The third kappa shape index (κ3) is 3.62. The molecule has 3 aromatic rings. The summed E-state index contributed by atoms with van der Waals surface area (Å²) in [6.07, 6.45) is 2.55. The number of carbonyl (C=O) groups is 1. The van der Waals surface area contributed by atoms with Crippen LogP contribution < -0.4 is 10.1 Å². The summed E-state index contributed by atoms with van der Waals surface area (Å²) in [5.74, 6) is 2.46. The molecule has 0 radical (unpaired) electrons. The molecule has 134 valence electrons. The molecule has 26 heavy (non-hydrogen) atoms. The van der Waals surface area contributed by atoms with Crippen LogP contribution in [0.25, 0.3) is 10.7 Å². The van der Waals surface area contributed by atoms with E-state index in [0.717, 1.165) is 45.5 Å². The van der Waals surface area contributed by atoms with Gasteiger partial charge in [-0.2, -0.15) is 4.98 Å². The van der Waals surface area contributed by atoms with E-state index in [0.29, 0.717) is 18.2 Å². The lowest BCUT2D eigenvalue weighted by molar-refractivity contribution is -0.115. The maximum Gasteiger partial charge on any atom is 0.230 e. The molecule has 0 atom stereocenters. The topological polar surface area (TPSA) is 77.2 Å². The molecule has 0 aliphatic heterocycles. The van der Waals surface area contributed by atoms with Crippen LogP contribution in [-0.4, -0.2) is 23.2 Å². The van der Waals surface area contributed by atoms with Crippen LogP contribution in [0.3, 0.4) is 0 Å². The molecule has 1 aliphatic carbocycles. The maximum atomic E-state index is 12.3. The first-order chi connectivity index (χ1) is 12.6. The lowest BCUT2D eigenvalue weighted by atomic mass is 10.1. The zero-order valence-electron chi connectivity index (χ0n) is 14.6. The molecule has 1 aliphatic rings. The van der Waals surface area contributed by atoms with Crippen molar-refractivity contribution in [1.82, 2.24) is 10.1 Å². The van der Waals surface area contributed by atoms with Crippen molar-refractivity contribution in [1.29, 1.82) is 0 Å². The monoisotopic (exact) mass is 369 g/mol. The van der Waals surface area contributed by atoms with E-state index < -0.39 is 0 Å². The average Bonchev–Trinajstić information content (AvgIpc) is 3.26. The van der Waals surface area contributed by atoms with Gasteiger partial charge >= 0.3 is 0 Å². The fourth-order valence-corrected chi connectivity index (χ4v) is 3.57. The average molecular weight is 369 g/mol. The van der Waals surface area contributed by atoms with Crippen molar-refractivity contribution in [3.8, 4) is 16.5 Å². The van der Waals surface area contributed by atoms with Crippen molar-refractivity contribution in [2.24, 2.45) is 0 Å². The van der Waals surface area contributed by atoms with Gasteiger partial charge in [-0.15, -0.1) is 11.3 Å². The molecule has 1 fully saturated rings. The van der Waals surface area contributed by atoms with Gasteiger partial charge in [0.05, 0.1) is 24.1 Å². The summed E-state index contributed by atoms with van der Waals surface area (Å²) in [5, 5.41) is 7.04. The summed E-state index contributed by atoms with van der Waals surface area (Å²) in [5.41, 5.74) is 1.73. The van der Waals surface area contributed by atoms with Gasteiger partial charge in [-0.25, -0.2) is 0 Å². The number of hydrogen-bond donors (Lipinski definition) is 1. The molecular weight excluding hydrogens is 350 g/mol. The van der Waals surface area contributed by atoms with Gasteiger partial charge in [0, 0.05) is 10.8 Å². The van der Waals surface area contributed by atoms with E-state index in [1.54, 1.807) is 18.4 Å². The summed E-state index contributed by atoms with van der Waals surface area (Å²) in [6.45, 7) is 1.97. The quantitative estimate of drug-likeness (QED) is 0.705. The van der Waals surface area contributed by atoms with Crippen LogP contribution in [0.1, 0.15) is 35.1 Å². The molecule has 1 amide bonds. The van der Waals surface area contributed by atoms with Gasteiger partial charge in [0.1, 0.15) is 5.75 Å². The second-order valence-electron chi connectivity index (χ2n) is 6.38. The van der Waals surface area contributed by atoms with Gasteiger partial charge in [-0.1, -0.05) is 17.3 Å². The number of nitrogens with zero attached hydrogens (tertiary/aromatic N) is 2. The zero-order chi connectivity index (χ0) is 18.1. The van der Waals surface area contributed by atoms with Crippen LogP contribution in [0.15, 0.2) is 34.9 Å². The Bertz CT molecular complexity index is 926. The third-order valence-electron chi connectivity index (χ3n) is 4.30. The number of carbonyl (C=O) groups excluding carboxylic acids is 1. The van der Waals surface area contributed by atoms with E-state index in [9.17, 15) is 4.79 Å². The Morgan fingerprint density at radius 2 is 2.12 bits per heavy atom. The number of ether oxygens (including phenoxy) is 1. The largest absolute Gasteiger partial charge is 0.497 e. The first-order valence-electron chi connectivity index (χ1n) is 8.49. The van der Waals surface area contributed by atoms with E-state index in [2.05, 4.69) is 15.5 Å². The number of aromatic nitrogens is 2. The molecule has 0 bridgehead atoms. The fourth-order valence-electron chi connectivity index (χ4n) is 2.67. The second kappa shape index (κ2) is 6.92. The Morgan fingerprint density at radius 3 is 2.81 bits per heavy atom. The first kappa shape index (κ1) is 16.8. The minimum Gasteiger partial charge on any atom is -0.497 e. The highest BCUT2D eigenvalue weighted by Crippen LogP contribution is 2.40. The van der Waals surface area contributed by atoms with E-state index in [-0.39, 0.29) is 5.91 Å². The van der Waals surface area contributed by atoms with Crippen molar-refractivity contribution in [3.63, 3.8) is 0 Å². The Labute approximate surface area is 155 Å². The number of nitrogens with one attached hydrogen (secondary N) is 1. The summed E-state index contributed by atoms with van der Waals surface area (Å²) in [6, 6.07) is 9.40. The molecule has 6 nitrogen and oxygen atoms in total. The standard InChI is InChI=1S/C19H19N3O3S/c1-11-15(20-17(23)9-12-3-7-14(24-2)8-4-12)10-16(26-11)18-21-19(25-22-18)13-5-6-13/h3-4,7-8,10,13H,5-6,9H2,1-2H3,(H,20,23). The van der Waals surface area contributed by atoms with Gasteiger partial charge in [0.2, 0.25) is 17.6 Å². The Kier molecular flexibility index (Phi) is 4.46. The molecule has 0 saturated heterocycles. The number of anilines is 1. The first-order valence-corrected chi connectivity index (χ1v) is 9.31. The summed E-state index contributed by atoms with van der Waals surface area (Å²) in [7, 11) is 1.62. The molecule has 1 saturated carbocycles. The number of benzene rings is 1. The Balaban J connectivity index is 1.43. The molecule has 2 aromatic heterocycles. The van der Waals surface area contributed by atoms with Crippen LogP contribution in [0, 0.1) is 6.92 Å². The third-order valence-corrected chi connectivity index (χ3v) is 5.35. The van der Waals surface area contributed by atoms with Gasteiger partial charge in [-0.05, 0) is 43.5 Å². The highest BCUT2D eigenvalue weighted by atomic mass is 32.1. The normalized spacial score (nSPS) is 13.6. The minimum atomic E-state index is -0.0607. The summed E-state index contributed by atoms with van der Waals surface area (Å²) >= 11 is 1.55. The van der Waals surface area contributed by atoms with E-state index in [1.807, 2.05) is 37.3 Å². The lowest BCUT2D eigenvalue weighted by Gasteiger charge is -2.05. The van der Waals surface area contributed by atoms with Crippen LogP contribution >= 0.6 is 11.3 Å². The second-order valence-corrected chi connectivity index (χ2v) is 7.64. The van der Waals surface area contributed by atoms with Crippen molar-refractivity contribution in [2.45, 2.75) is 32.1 Å². The fraction of sp³-hybridized carbons (Fsp3) is 0.316. The van der Waals surface area contributed by atoms with Crippen LogP contribution in [-0.2, 0) is 11.2 Å². The van der Waals surface area contributed by atoms with Crippen molar-refractivity contribution >= 4 is 22.9 Å². The number of aryl methyl sites for hydroxylation is 1. The number of methoxy groups -OCH3 is 1. The van der Waals surface area contributed by atoms with E-state index in [4.69, 9.17) is 9.26 Å². The molecule has 7 heteroatoms. The van der Waals surface area contributed by atoms with Crippen molar-refractivity contribution in [2.75, 3.05) is 12.4 Å². The number of rotatable bonds is 6. The lowest BCUT2D eigenvalue weighted by Crippen LogP contribution is -2.14. The predicted molar refractivity (Wildman–Crippen MR) is 99.7 cm³/mol. The summed E-state index contributed by atoms with van der Waals surface area (Å²) < 4.78 is 10.5. The van der Waals surface area contributed by atoms with Crippen LogP contribution in [0.2, 0.25) is 0 Å². The molecule has 4 rings (SSSR count). The minimum absolute atomic E-state index is 0.0607. The van der Waals surface area contributed by atoms with Crippen LogP contribution in [0.4, 0.5) is 5.69 Å². The smallest absolute Gasteiger partial charge is 0.230 e. The number of hydrogen-bond acceptors (Lipinski definition) is 6. The van der Waals surface area contributed by atoms with Crippen molar-refractivity contribution in [3.05, 3.63) is 46.7 Å². The summed E-state index contributed by atoms with van der Waals surface area (Å²) in [4.78, 5) is 18.7. The van der Waals surface area contributed by atoms with Gasteiger partial charge in [-0.3, -0.25) is 4.79 Å². The van der Waals surface area contributed by atoms with E-state index >= 15 is 0 Å². The van der Waals surface area contributed by atoms with E-state index in [1.165, 1.54) is 0 Å². The molecule has 2 heterocycles. The van der Waals surface area contributed by atoms with Gasteiger partial charge in [0.25, 0.3) is 0 Å². The Morgan fingerprint density at radius 1 is 1.35 bits per heavy atom. The van der Waals surface area contributed by atoms with Crippen molar-refractivity contribution < 1.29 is 14.1 Å². The number of amides is 1. The predicted octanol–water partition coefficient (Wildman–Crippen LogP) is 4.17. The number of thiophene rings is 1. The highest BCUT2D eigenvalue weighted by Gasteiger charge is 2.30.